The number of benzene rings is 2. The Morgan fingerprint density at radius 3 is 2.43 bits per heavy atom. The highest BCUT2D eigenvalue weighted by Crippen LogP contribution is 2.24. The van der Waals surface area contributed by atoms with Crippen molar-refractivity contribution in [3.05, 3.63) is 72.0 Å². The SMILES string of the molecule is CC(C)C(NCc1coc2ccccc12)c1ccccc1. The van der Waals surface area contributed by atoms with Crippen LogP contribution in [0.2, 0.25) is 0 Å². The molecule has 0 saturated carbocycles. The molecule has 0 spiro atoms. The van der Waals surface area contributed by atoms with Gasteiger partial charge in [0.2, 0.25) is 0 Å². The smallest absolute Gasteiger partial charge is 0.134 e. The number of fused-ring (bicyclic) bond motifs is 1. The lowest BCUT2D eigenvalue weighted by molar-refractivity contribution is 0.410. The van der Waals surface area contributed by atoms with Gasteiger partial charge in [0.05, 0.1) is 6.26 Å². The van der Waals surface area contributed by atoms with E-state index in [1.165, 1.54) is 16.5 Å². The molecule has 0 aliphatic heterocycles. The molecule has 1 N–H and O–H groups in total. The van der Waals surface area contributed by atoms with Crippen LogP contribution in [0.1, 0.15) is 31.0 Å². The molecule has 1 atom stereocenters. The first kappa shape index (κ1) is 13.9. The Morgan fingerprint density at radius 2 is 1.67 bits per heavy atom. The summed E-state index contributed by atoms with van der Waals surface area (Å²) in [7, 11) is 0. The summed E-state index contributed by atoms with van der Waals surface area (Å²) < 4.78 is 5.61. The number of furan rings is 1. The molecule has 0 radical (unpaired) electrons. The molecule has 0 fully saturated rings. The van der Waals surface area contributed by atoms with E-state index >= 15 is 0 Å². The molecular formula is C19H21NO. The second kappa shape index (κ2) is 6.15. The van der Waals surface area contributed by atoms with E-state index in [-0.39, 0.29) is 0 Å². The number of para-hydroxylation sites is 1. The molecule has 2 nitrogen and oxygen atoms in total. The first-order valence-electron chi connectivity index (χ1n) is 7.49. The number of hydrogen-bond acceptors (Lipinski definition) is 2. The van der Waals surface area contributed by atoms with Crippen LogP contribution in [0.25, 0.3) is 11.0 Å². The second-order valence-electron chi connectivity index (χ2n) is 5.77. The van der Waals surface area contributed by atoms with Gasteiger partial charge in [-0.15, -0.1) is 0 Å². The van der Waals surface area contributed by atoms with E-state index in [1.807, 2.05) is 18.4 Å². The summed E-state index contributed by atoms with van der Waals surface area (Å²) in [5.41, 5.74) is 3.50. The molecule has 0 aliphatic rings. The summed E-state index contributed by atoms with van der Waals surface area (Å²) in [4.78, 5) is 0. The monoisotopic (exact) mass is 279 g/mol. The molecule has 3 rings (SSSR count). The Kier molecular flexibility index (Phi) is 4.07. The highest BCUT2D eigenvalue weighted by Gasteiger charge is 2.15. The minimum atomic E-state index is 0.347. The van der Waals surface area contributed by atoms with E-state index < -0.39 is 0 Å². The van der Waals surface area contributed by atoms with Gasteiger partial charge in [0.1, 0.15) is 5.58 Å². The molecule has 21 heavy (non-hydrogen) atoms. The van der Waals surface area contributed by atoms with Gasteiger partial charge in [-0.05, 0) is 17.5 Å². The number of nitrogens with one attached hydrogen (secondary N) is 1. The fourth-order valence-corrected chi connectivity index (χ4v) is 2.79. The van der Waals surface area contributed by atoms with E-state index in [0.717, 1.165) is 12.1 Å². The van der Waals surface area contributed by atoms with Crippen molar-refractivity contribution in [2.45, 2.75) is 26.4 Å². The number of hydrogen-bond donors (Lipinski definition) is 1. The summed E-state index contributed by atoms with van der Waals surface area (Å²) in [5.74, 6) is 0.533. The van der Waals surface area contributed by atoms with Crippen molar-refractivity contribution in [1.82, 2.24) is 5.32 Å². The van der Waals surface area contributed by atoms with Crippen molar-refractivity contribution >= 4 is 11.0 Å². The summed E-state index contributed by atoms with van der Waals surface area (Å²) in [6.07, 6.45) is 1.86. The predicted molar refractivity (Wildman–Crippen MR) is 87.1 cm³/mol. The van der Waals surface area contributed by atoms with Crippen molar-refractivity contribution in [2.75, 3.05) is 0 Å². The van der Waals surface area contributed by atoms with Crippen LogP contribution in [-0.2, 0) is 6.54 Å². The van der Waals surface area contributed by atoms with Gasteiger partial charge in [0, 0.05) is 23.5 Å². The molecule has 0 aliphatic carbocycles. The zero-order valence-electron chi connectivity index (χ0n) is 12.5. The maximum absolute atomic E-state index is 5.61. The molecular weight excluding hydrogens is 258 g/mol. The Bertz CT molecular complexity index is 700. The van der Waals surface area contributed by atoms with Crippen LogP contribution in [0.3, 0.4) is 0 Å². The fraction of sp³-hybridized carbons (Fsp3) is 0.263. The lowest BCUT2D eigenvalue weighted by Crippen LogP contribution is -2.25. The molecule has 0 bridgehead atoms. The molecule has 0 saturated heterocycles. The van der Waals surface area contributed by atoms with Crippen LogP contribution in [0.4, 0.5) is 0 Å². The number of rotatable bonds is 5. The summed E-state index contributed by atoms with van der Waals surface area (Å²) in [5, 5.41) is 4.86. The Balaban J connectivity index is 1.79. The van der Waals surface area contributed by atoms with Gasteiger partial charge < -0.3 is 9.73 Å². The van der Waals surface area contributed by atoms with E-state index in [9.17, 15) is 0 Å². The molecule has 2 heteroatoms. The van der Waals surface area contributed by atoms with Crippen molar-refractivity contribution in [1.29, 1.82) is 0 Å². The molecule has 1 unspecified atom stereocenters. The largest absolute Gasteiger partial charge is 0.464 e. The van der Waals surface area contributed by atoms with E-state index in [2.05, 4.69) is 61.6 Å². The van der Waals surface area contributed by atoms with Crippen molar-refractivity contribution in [2.24, 2.45) is 5.92 Å². The summed E-state index contributed by atoms with van der Waals surface area (Å²) in [6, 6.07) is 19.2. The molecule has 108 valence electrons. The fourth-order valence-electron chi connectivity index (χ4n) is 2.79. The molecule has 1 aromatic heterocycles. The normalized spacial score (nSPS) is 12.9. The predicted octanol–water partition coefficient (Wildman–Crippen LogP) is 4.92. The van der Waals surface area contributed by atoms with Gasteiger partial charge in [-0.3, -0.25) is 0 Å². The van der Waals surface area contributed by atoms with Crippen molar-refractivity contribution in [3.63, 3.8) is 0 Å². The highest BCUT2D eigenvalue weighted by atomic mass is 16.3. The average Bonchev–Trinajstić information content (AvgIpc) is 2.92. The van der Waals surface area contributed by atoms with Gasteiger partial charge in [-0.2, -0.15) is 0 Å². The van der Waals surface area contributed by atoms with E-state index in [4.69, 9.17) is 4.42 Å². The van der Waals surface area contributed by atoms with Crippen LogP contribution in [0.15, 0.2) is 65.3 Å². The van der Waals surface area contributed by atoms with Crippen LogP contribution >= 0.6 is 0 Å². The van der Waals surface area contributed by atoms with Crippen LogP contribution < -0.4 is 5.32 Å². The van der Waals surface area contributed by atoms with Gasteiger partial charge in [0.15, 0.2) is 0 Å². The van der Waals surface area contributed by atoms with Gasteiger partial charge in [0.25, 0.3) is 0 Å². The summed E-state index contributed by atoms with van der Waals surface area (Å²) in [6.45, 7) is 5.31. The standard InChI is InChI=1S/C19H21NO/c1-14(2)19(15-8-4-3-5-9-15)20-12-16-13-21-18-11-7-6-10-17(16)18/h3-11,13-14,19-20H,12H2,1-2H3. The van der Waals surface area contributed by atoms with Gasteiger partial charge in [-0.1, -0.05) is 62.4 Å². The molecule has 1 heterocycles. The minimum Gasteiger partial charge on any atom is -0.464 e. The van der Waals surface area contributed by atoms with Crippen LogP contribution in [0.5, 0.6) is 0 Å². The highest BCUT2D eigenvalue weighted by molar-refractivity contribution is 5.80. The maximum atomic E-state index is 5.61. The third-order valence-corrected chi connectivity index (χ3v) is 3.90. The topological polar surface area (TPSA) is 25.2 Å². The third-order valence-electron chi connectivity index (χ3n) is 3.90. The Hall–Kier alpha value is -2.06. The first-order chi connectivity index (χ1) is 10.3. The quantitative estimate of drug-likeness (QED) is 0.717. The lowest BCUT2D eigenvalue weighted by atomic mass is 9.96. The van der Waals surface area contributed by atoms with Crippen LogP contribution in [0, 0.1) is 5.92 Å². The van der Waals surface area contributed by atoms with Crippen LogP contribution in [-0.4, -0.2) is 0 Å². The lowest BCUT2D eigenvalue weighted by Gasteiger charge is -2.22. The zero-order valence-corrected chi connectivity index (χ0v) is 12.5. The molecule has 2 aromatic carbocycles. The van der Waals surface area contributed by atoms with Gasteiger partial charge in [-0.25, -0.2) is 0 Å². The molecule has 3 aromatic rings. The molecule has 0 amide bonds. The van der Waals surface area contributed by atoms with Crippen molar-refractivity contribution < 1.29 is 4.42 Å². The third kappa shape index (κ3) is 3.01. The Labute approximate surface area is 125 Å². The zero-order chi connectivity index (χ0) is 14.7. The second-order valence-corrected chi connectivity index (χ2v) is 5.77. The van der Waals surface area contributed by atoms with Gasteiger partial charge >= 0.3 is 0 Å². The average molecular weight is 279 g/mol. The maximum Gasteiger partial charge on any atom is 0.134 e. The minimum absolute atomic E-state index is 0.347. The first-order valence-corrected chi connectivity index (χ1v) is 7.49. The van der Waals surface area contributed by atoms with Crippen molar-refractivity contribution in [3.8, 4) is 0 Å². The summed E-state index contributed by atoms with van der Waals surface area (Å²) >= 11 is 0. The van der Waals surface area contributed by atoms with E-state index in [1.54, 1.807) is 0 Å². The van der Waals surface area contributed by atoms with E-state index in [0.29, 0.717) is 12.0 Å². The Morgan fingerprint density at radius 1 is 0.952 bits per heavy atom.